The zero-order valence-corrected chi connectivity index (χ0v) is 16.3. The maximum Gasteiger partial charge on any atom is 0.409 e. The molecule has 0 radical (unpaired) electrons. The molecular weight excluding hydrogens is 423 g/mol. The minimum atomic E-state index is -4.65. The second kappa shape index (κ2) is 8.23. The van der Waals surface area contributed by atoms with Crippen molar-refractivity contribution in [3.8, 4) is 5.75 Å². The summed E-state index contributed by atoms with van der Waals surface area (Å²) in [6, 6.07) is 10.4. The number of nitrogens with zero attached hydrogens (tertiary/aromatic N) is 1. The van der Waals surface area contributed by atoms with Gasteiger partial charge in [0, 0.05) is 22.0 Å². The van der Waals surface area contributed by atoms with E-state index in [4.69, 9.17) is 16.3 Å². The number of aliphatic carboxylic acids is 1. The van der Waals surface area contributed by atoms with Crippen LogP contribution in [-0.2, 0) is 11.2 Å². The fraction of sp³-hybridized carbons (Fsp3) is 0.143. The summed E-state index contributed by atoms with van der Waals surface area (Å²) >= 11 is 5.85. The number of halogens is 4. The van der Waals surface area contributed by atoms with Gasteiger partial charge in [-0.05, 0) is 54.1 Å². The number of carbonyl (C=O) groups excluding carboxylic acids is 1. The molecular formula is C21H15ClF3NO4. The quantitative estimate of drug-likeness (QED) is 0.596. The average Bonchev–Trinajstić information content (AvgIpc) is 2.98. The number of ether oxygens (including phenoxy) is 1. The van der Waals surface area contributed by atoms with Gasteiger partial charge in [-0.15, -0.1) is 0 Å². The second-order valence-electron chi connectivity index (χ2n) is 6.34. The molecule has 0 aliphatic carbocycles. The first-order valence-corrected chi connectivity index (χ1v) is 8.98. The number of fused-ring (bicyclic) bond motifs is 1. The lowest BCUT2D eigenvalue weighted by molar-refractivity contribution is -0.136. The number of methoxy groups -OCH3 is 1. The Morgan fingerprint density at radius 2 is 1.83 bits per heavy atom. The zero-order valence-electron chi connectivity index (χ0n) is 15.5. The van der Waals surface area contributed by atoms with Crippen molar-refractivity contribution in [3.05, 3.63) is 70.4 Å². The molecule has 2 aromatic carbocycles. The first-order valence-electron chi connectivity index (χ1n) is 8.60. The van der Waals surface area contributed by atoms with Crippen molar-refractivity contribution in [1.82, 2.24) is 4.57 Å². The minimum absolute atomic E-state index is 0.0323. The lowest BCUT2D eigenvalue weighted by Gasteiger charge is -2.09. The molecule has 1 aromatic heterocycles. The number of rotatable bonds is 5. The van der Waals surface area contributed by atoms with Crippen LogP contribution in [0.25, 0.3) is 17.0 Å². The monoisotopic (exact) mass is 437 g/mol. The summed E-state index contributed by atoms with van der Waals surface area (Å²) in [6.45, 7) is 0. The third-order valence-electron chi connectivity index (χ3n) is 4.37. The Morgan fingerprint density at radius 3 is 2.40 bits per heavy atom. The number of benzene rings is 2. The molecule has 0 fully saturated rings. The van der Waals surface area contributed by atoms with Gasteiger partial charge in [0.1, 0.15) is 5.75 Å². The van der Waals surface area contributed by atoms with E-state index < -0.39 is 24.5 Å². The van der Waals surface area contributed by atoms with Crippen molar-refractivity contribution in [1.29, 1.82) is 0 Å². The summed E-state index contributed by atoms with van der Waals surface area (Å²) in [7, 11) is 1.40. The number of hydrogen-bond acceptors (Lipinski definition) is 3. The van der Waals surface area contributed by atoms with E-state index in [1.165, 1.54) is 49.6 Å². The Morgan fingerprint density at radius 1 is 1.17 bits per heavy atom. The first-order chi connectivity index (χ1) is 14.1. The molecule has 30 heavy (non-hydrogen) atoms. The molecule has 1 N–H and O–H groups in total. The average molecular weight is 438 g/mol. The van der Waals surface area contributed by atoms with Gasteiger partial charge >= 0.3 is 12.1 Å². The van der Waals surface area contributed by atoms with Crippen molar-refractivity contribution in [3.63, 3.8) is 0 Å². The molecule has 0 saturated carbocycles. The van der Waals surface area contributed by atoms with Crippen molar-refractivity contribution in [2.75, 3.05) is 7.11 Å². The summed E-state index contributed by atoms with van der Waals surface area (Å²) in [4.78, 5) is 24.6. The van der Waals surface area contributed by atoms with Crippen molar-refractivity contribution < 1.29 is 32.6 Å². The van der Waals surface area contributed by atoms with Crippen LogP contribution >= 0.6 is 11.6 Å². The van der Waals surface area contributed by atoms with Crippen molar-refractivity contribution in [2.45, 2.75) is 12.6 Å². The largest absolute Gasteiger partial charge is 0.497 e. The summed E-state index contributed by atoms with van der Waals surface area (Å²) in [5.74, 6) is -1.51. The number of carbonyl (C=O) groups is 2. The highest BCUT2D eigenvalue weighted by Gasteiger charge is 2.26. The first kappa shape index (κ1) is 21.4. The Kier molecular flexibility index (Phi) is 5.89. The topological polar surface area (TPSA) is 68.5 Å². The van der Waals surface area contributed by atoms with Crippen LogP contribution in [0.2, 0.25) is 5.02 Å². The van der Waals surface area contributed by atoms with Gasteiger partial charge in [-0.3, -0.25) is 14.2 Å². The Balaban J connectivity index is 2.34. The molecule has 0 atom stereocenters. The van der Waals surface area contributed by atoms with Crippen LogP contribution in [0, 0.1) is 0 Å². The number of carboxylic acid groups (broad SMARTS) is 1. The number of carboxylic acids is 1. The lowest BCUT2D eigenvalue weighted by atomic mass is 10.1. The molecule has 9 heteroatoms. The molecule has 0 spiro atoms. The maximum atomic E-state index is 13.2. The van der Waals surface area contributed by atoms with Gasteiger partial charge in [-0.25, -0.2) is 0 Å². The van der Waals surface area contributed by atoms with Crippen molar-refractivity contribution in [2.24, 2.45) is 0 Å². The lowest BCUT2D eigenvalue weighted by Crippen LogP contribution is -2.14. The zero-order chi connectivity index (χ0) is 22.1. The number of aromatic nitrogens is 1. The van der Waals surface area contributed by atoms with Crippen LogP contribution in [0.15, 0.2) is 48.5 Å². The highest BCUT2D eigenvalue weighted by molar-refractivity contribution is 6.30. The third-order valence-corrected chi connectivity index (χ3v) is 4.62. The molecule has 0 saturated heterocycles. The van der Waals surface area contributed by atoms with Crippen LogP contribution < -0.4 is 4.74 Å². The van der Waals surface area contributed by atoms with Gasteiger partial charge in [-0.2, -0.15) is 13.2 Å². The Bertz CT molecular complexity index is 1150. The number of hydrogen-bond donors (Lipinski definition) is 1. The Hall–Kier alpha value is -3.26. The standard InChI is InChI=1S/C21H15ClF3NO4/c1-30-14-6-7-17-15(10-14)16(11-19(27)28)18(8-9-21(23,24)25)26(17)20(29)12-2-4-13(22)5-3-12/h2-10H,11H2,1H3,(H,27,28)/b9-8+. The second-order valence-corrected chi connectivity index (χ2v) is 6.78. The van der Waals surface area contributed by atoms with Gasteiger partial charge < -0.3 is 9.84 Å². The molecule has 3 aromatic rings. The van der Waals surface area contributed by atoms with Crippen molar-refractivity contribution >= 4 is 40.5 Å². The van der Waals surface area contributed by atoms with E-state index >= 15 is 0 Å². The fourth-order valence-corrected chi connectivity index (χ4v) is 3.23. The van der Waals surface area contributed by atoms with Crippen LogP contribution in [-0.4, -0.2) is 34.8 Å². The number of alkyl halides is 3. The summed E-state index contributed by atoms with van der Waals surface area (Å²) in [5.41, 5.74) is 0.335. The summed E-state index contributed by atoms with van der Waals surface area (Å²) in [6.07, 6.45) is -4.56. The summed E-state index contributed by atoms with van der Waals surface area (Å²) in [5, 5.41) is 10.0. The SMILES string of the molecule is COc1ccc2c(c1)c(CC(=O)O)c(/C=C/C(F)(F)F)n2C(=O)c1ccc(Cl)cc1. The van der Waals surface area contributed by atoms with E-state index in [0.717, 1.165) is 4.57 Å². The summed E-state index contributed by atoms with van der Waals surface area (Å²) < 4.78 is 44.9. The van der Waals surface area contributed by atoms with Gasteiger partial charge in [0.05, 0.1) is 24.7 Å². The van der Waals surface area contributed by atoms with Crippen LogP contribution in [0.1, 0.15) is 21.6 Å². The highest BCUT2D eigenvalue weighted by Crippen LogP contribution is 2.33. The minimum Gasteiger partial charge on any atom is -0.497 e. The van der Waals surface area contributed by atoms with E-state index in [2.05, 4.69) is 0 Å². The normalized spacial score (nSPS) is 11.9. The van der Waals surface area contributed by atoms with Gasteiger partial charge in [0.2, 0.25) is 0 Å². The van der Waals surface area contributed by atoms with E-state index in [1.807, 2.05) is 0 Å². The Labute approximate surface area is 173 Å². The molecule has 156 valence electrons. The van der Waals surface area contributed by atoms with Crippen LogP contribution in [0.3, 0.4) is 0 Å². The van der Waals surface area contributed by atoms with Gasteiger partial charge in [0.15, 0.2) is 0 Å². The maximum absolute atomic E-state index is 13.2. The number of allylic oxidation sites excluding steroid dienone is 1. The van der Waals surface area contributed by atoms with E-state index in [0.29, 0.717) is 22.2 Å². The van der Waals surface area contributed by atoms with Gasteiger partial charge in [0.25, 0.3) is 5.91 Å². The van der Waals surface area contributed by atoms with E-state index in [-0.39, 0.29) is 28.4 Å². The van der Waals surface area contributed by atoms with Gasteiger partial charge in [-0.1, -0.05) is 11.6 Å². The fourth-order valence-electron chi connectivity index (χ4n) is 3.11. The molecule has 0 aliphatic heterocycles. The van der Waals surface area contributed by atoms with Crippen LogP contribution in [0.4, 0.5) is 13.2 Å². The molecule has 0 aliphatic rings. The molecule has 1 heterocycles. The van der Waals surface area contributed by atoms with Crippen LogP contribution in [0.5, 0.6) is 5.75 Å². The van der Waals surface area contributed by atoms with E-state index in [9.17, 15) is 27.9 Å². The predicted molar refractivity (Wildman–Crippen MR) is 106 cm³/mol. The smallest absolute Gasteiger partial charge is 0.409 e. The predicted octanol–water partition coefficient (Wildman–Crippen LogP) is 5.19. The molecule has 0 amide bonds. The molecule has 5 nitrogen and oxygen atoms in total. The molecule has 0 unspecified atom stereocenters. The third kappa shape index (κ3) is 4.49. The highest BCUT2D eigenvalue weighted by atomic mass is 35.5. The molecule has 3 rings (SSSR count). The van der Waals surface area contributed by atoms with E-state index in [1.54, 1.807) is 0 Å². The molecule has 0 bridgehead atoms.